The van der Waals surface area contributed by atoms with Gasteiger partial charge in [0.05, 0.1) is 5.56 Å². The van der Waals surface area contributed by atoms with Crippen molar-refractivity contribution in [3.8, 4) is 11.5 Å². The van der Waals surface area contributed by atoms with Crippen molar-refractivity contribution in [2.45, 2.75) is 38.1 Å². The van der Waals surface area contributed by atoms with Gasteiger partial charge in [0.1, 0.15) is 0 Å². The van der Waals surface area contributed by atoms with Crippen molar-refractivity contribution < 1.29 is 15.0 Å². The van der Waals surface area contributed by atoms with Crippen molar-refractivity contribution in [1.29, 1.82) is 0 Å². The van der Waals surface area contributed by atoms with Gasteiger partial charge in [0, 0.05) is 19.1 Å². The molecule has 20 heavy (non-hydrogen) atoms. The van der Waals surface area contributed by atoms with Crippen molar-refractivity contribution in [3.05, 3.63) is 23.8 Å². The third kappa shape index (κ3) is 3.04. The highest BCUT2D eigenvalue weighted by molar-refractivity contribution is 5.97. The van der Waals surface area contributed by atoms with E-state index in [1.807, 2.05) is 0 Å². The molecule has 0 heterocycles. The molecule has 5 heteroatoms. The van der Waals surface area contributed by atoms with Crippen molar-refractivity contribution in [1.82, 2.24) is 4.90 Å². The molecule has 2 rings (SSSR count). The summed E-state index contributed by atoms with van der Waals surface area (Å²) < 4.78 is 0. The number of aromatic hydroxyl groups is 2. The standard InChI is InChI=1S/C15H22N2O3/c16-9-10-17(11-5-2-1-3-6-11)15(20)12-7-4-8-13(18)14(12)19/h4,7-8,11,18-19H,1-3,5-6,9-10,16H2. The second-order valence-electron chi connectivity index (χ2n) is 5.25. The molecule has 110 valence electrons. The Morgan fingerprint density at radius 1 is 1.25 bits per heavy atom. The van der Waals surface area contributed by atoms with E-state index in [0.717, 1.165) is 25.7 Å². The van der Waals surface area contributed by atoms with Gasteiger partial charge in [-0.1, -0.05) is 25.3 Å². The molecule has 0 bridgehead atoms. The molecular weight excluding hydrogens is 256 g/mol. The Hall–Kier alpha value is -1.75. The molecule has 0 unspecified atom stereocenters. The molecule has 1 aromatic carbocycles. The first-order valence-electron chi connectivity index (χ1n) is 7.17. The molecule has 0 atom stereocenters. The van der Waals surface area contributed by atoms with Crippen LogP contribution in [0.25, 0.3) is 0 Å². The van der Waals surface area contributed by atoms with Crippen LogP contribution >= 0.6 is 0 Å². The highest BCUT2D eigenvalue weighted by atomic mass is 16.3. The second-order valence-corrected chi connectivity index (χ2v) is 5.25. The van der Waals surface area contributed by atoms with Gasteiger partial charge in [0.2, 0.25) is 0 Å². The van der Waals surface area contributed by atoms with E-state index in [1.54, 1.807) is 11.0 Å². The first-order valence-corrected chi connectivity index (χ1v) is 7.17. The van der Waals surface area contributed by atoms with Crippen molar-refractivity contribution >= 4 is 5.91 Å². The molecular formula is C15H22N2O3. The average molecular weight is 278 g/mol. The lowest BCUT2D eigenvalue weighted by atomic mass is 9.93. The number of nitrogens with two attached hydrogens (primary N) is 1. The van der Waals surface area contributed by atoms with Crippen LogP contribution in [0, 0.1) is 0 Å². The Balaban J connectivity index is 2.23. The summed E-state index contributed by atoms with van der Waals surface area (Å²) in [6, 6.07) is 4.63. The summed E-state index contributed by atoms with van der Waals surface area (Å²) in [5.41, 5.74) is 5.76. The number of rotatable bonds is 4. The maximum absolute atomic E-state index is 12.6. The van der Waals surface area contributed by atoms with E-state index in [0.29, 0.717) is 13.1 Å². The van der Waals surface area contributed by atoms with Crippen LogP contribution in [-0.2, 0) is 0 Å². The smallest absolute Gasteiger partial charge is 0.258 e. The third-order valence-electron chi connectivity index (χ3n) is 3.89. The Labute approximate surface area is 119 Å². The van der Waals surface area contributed by atoms with E-state index in [1.165, 1.54) is 18.6 Å². The number of hydrogen-bond donors (Lipinski definition) is 3. The number of phenols is 2. The van der Waals surface area contributed by atoms with Gasteiger partial charge in [0.25, 0.3) is 5.91 Å². The Kier molecular flexibility index (Phi) is 4.84. The van der Waals surface area contributed by atoms with Gasteiger partial charge in [-0.25, -0.2) is 0 Å². The summed E-state index contributed by atoms with van der Waals surface area (Å²) in [5, 5.41) is 19.4. The van der Waals surface area contributed by atoms with Crippen LogP contribution in [-0.4, -0.2) is 40.2 Å². The zero-order valence-corrected chi connectivity index (χ0v) is 11.6. The normalized spacial score (nSPS) is 16.1. The number of nitrogens with zero attached hydrogens (tertiary/aromatic N) is 1. The van der Waals surface area contributed by atoms with E-state index in [4.69, 9.17) is 5.73 Å². The van der Waals surface area contributed by atoms with Gasteiger partial charge in [0.15, 0.2) is 11.5 Å². The molecule has 1 amide bonds. The van der Waals surface area contributed by atoms with Crippen LogP contribution in [0.5, 0.6) is 11.5 Å². The maximum Gasteiger partial charge on any atom is 0.258 e. The lowest BCUT2D eigenvalue weighted by Crippen LogP contribution is -2.44. The van der Waals surface area contributed by atoms with Gasteiger partial charge in [-0.2, -0.15) is 0 Å². The highest BCUT2D eigenvalue weighted by Gasteiger charge is 2.27. The van der Waals surface area contributed by atoms with Gasteiger partial charge in [-0.05, 0) is 25.0 Å². The van der Waals surface area contributed by atoms with E-state index in [2.05, 4.69) is 0 Å². The van der Waals surface area contributed by atoms with Crippen LogP contribution < -0.4 is 5.73 Å². The molecule has 1 fully saturated rings. The van der Waals surface area contributed by atoms with E-state index >= 15 is 0 Å². The van der Waals surface area contributed by atoms with Crippen LogP contribution in [0.2, 0.25) is 0 Å². The van der Waals surface area contributed by atoms with Crippen LogP contribution in [0.1, 0.15) is 42.5 Å². The zero-order valence-electron chi connectivity index (χ0n) is 11.6. The van der Waals surface area contributed by atoms with Crippen molar-refractivity contribution in [3.63, 3.8) is 0 Å². The second kappa shape index (κ2) is 6.61. The number of carbonyl (C=O) groups is 1. The molecule has 0 aromatic heterocycles. The number of hydrogen-bond acceptors (Lipinski definition) is 4. The largest absolute Gasteiger partial charge is 0.504 e. The molecule has 0 aliphatic heterocycles. The van der Waals surface area contributed by atoms with E-state index in [-0.39, 0.29) is 29.0 Å². The minimum atomic E-state index is -0.352. The summed E-state index contributed by atoms with van der Waals surface area (Å²) in [6.07, 6.45) is 5.39. The fraction of sp³-hybridized carbons (Fsp3) is 0.533. The van der Waals surface area contributed by atoms with Gasteiger partial charge < -0.3 is 20.8 Å². The monoisotopic (exact) mass is 278 g/mol. The Morgan fingerprint density at radius 2 is 1.95 bits per heavy atom. The number of amides is 1. The number of carbonyl (C=O) groups excluding carboxylic acids is 1. The fourth-order valence-corrected chi connectivity index (χ4v) is 2.84. The number of para-hydroxylation sites is 1. The first kappa shape index (κ1) is 14.7. The summed E-state index contributed by atoms with van der Waals surface area (Å²) in [7, 11) is 0. The third-order valence-corrected chi connectivity index (χ3v) is 3.89. The molecule has 1 aliphatic carbocycles. The Bertz CT molecular complexity index is 470. The maximum atomic E-state index is 12.6. The zero-order chi connectivity index (χ0) is 14.5. The van der Waals surface area contributed by atoms with E-state index < -0.39 is 0 Å². The molecule has 0 radical (unpaired) electrons. The van der Waals surface area contributed by atoms with Crippen LogP contribution in [0.4, 0.5) is 0 Å². The molecule has 0 spiro atoms. The Morgan fingerprint density at radius 3 is 2.60 bits per heavy atom. The predicted molar refractivity (Wildman–Crippen MR) is 76.7 cm³/mol. The summed E-state index contributed by atoms with van der Waals surface area (Å²) in [6.45, 7) is 0.862. The van der Waals surface area contributed by atoms with E-state index in [9.17, 15) is 15.0 Å². The van der Waals surface area contributed by atoms with Gasteiger partial charge in [-0.15, -0.1) is 0 Å². The first-order chi connectivity index (χ1) is 9.65. The van der Waals surface area contributed by atoms with Gasteiger partial charge in [-0.3, -0.25) is 4.79 Å². The fourth-order valence-electron chi connectivity index (χ4n) is 2.84. The topological polar surface area (TPSA) is 86.8 Å². The highest BCUT2D eigenvalue weighted by Crippen LogP contribution is 2.31. The number of benzene rings is 1. The SMILES string of the molecule is NCCN(C(=O)c1cccc(O)c1O)C1CCCCC1. The molecule has 4 N–H and O–H groups in total. The average Bonchev–Trinajstić information content (AvgIpc) is 2.48. The van der Waals surface area contributed by atoms with Crippen molar-refractivity contribution in [2.75, 3.05) is 13.1 Å². The summed E-state index contributed by atoms with van der Waals surface area (Å²) in [5.74, 6) is -0.877. The lowest BCUT2D eigenvalue weighted by Gasteiger charge is -2.34. The quantitative estimate of drug-likeness (QED) is 0.733. The minimum Gasteiger partial charge on any atom is -0.504 e. The lowest BCUT2D eigenvalue weighted by molar-refractivity contribution is 0.0638. The molecule has 1 aromatic rings. The number of phenolic OH excluding ortho intramolecular Hbond substituents is 2. The summed E-state index contributed by atoms with van der Waals surface area (Å²) >= 11 is 0. The molecule has 0 saturated heterocycles. The molecule has 1 saturated carbocycles. The van der Waals surface area contributed by atoms with Crippen molar-refractivity contribution in [2.24, 2.45) is 5.73 Å². The van der Waals surface area contributed by atoms with Crippen LogP contribution in [0.3, 0.4) is 0 Å². The van der Waals surface area contributed by atoms with Crippen LogP contribution in [0.15, 0.2) is 18.2 Å². The summed E-state index contributed by atoms with van der Waals surface area (Å²) in [4.78, 5) is 14.4. The molecule has 5 nitrogen and oxygen atoms in total. The predicted octanol–water partition coefficient (Wildman–Crippen LogP) is 1.83. The van der Waals surface area contributed by atoms with Gasteiger partial charge >= 0.3 is 0 Å². The molecule has 1 aliphatic rings. The minimum absolute atomic E-state index is 0.143.